The number of hydrogen-bond donors (Lipinski definition) is 2. The number of carboxylic acids is 1. The molecule has 0 atom stereocenters. The van der Waals surface area contributed by atoms with E-state index in [4.69, 9.17) is 16.7 Å². The fourth-order valence-electron chi connectivity index (χ4n) is 1.86. The molecule has 0 aliphatic rings. The minimum atomic E-state index is -1.21. The van der Waals surface area contributed by atoms with E-state index in [-0.39, 0.29) is 22.0 Å². The number of halogens is 1. The molecule has 7 nitrogen and oxygen atoms in total. The highest BCUT2D eigenvalue weighted by Crippen LogP contribution is 2.20. The van der Waals surface area contributed by atoms with Crippen molar-refractivity contribution < 1.29 is 19.6 Å². The lowest BCUT2D eigenvalue weighted by Crippen LogP contribution is -2.09. The number of benzene rings is 2. The third-order valence-corrected chi connectivity index (χ3v) is 3.30. The lowest BCUT2D eigenvalue weighted by Gasteiger charge is -2.05. The molecule has 0 aliphatic heterocycles. The Hall–Kier alpha value is -3.19. The molecule has 0 saturated carbocycles. The predicted molar refractivity (Wildman–Crippen MR) is 89.2 cm³/mol. The van der Waals surface area contributed by atoms with Gasteiger partial charge in [0.05, 0.1) is 15.5 Å². The van der Waals surface area contributed by atoms with Gasteiger partial charge >= 0.3 is 5.97 Å². The number of carbonyl (C=O) groups excluding carboxylic acids is 1. The highest BCUT2D eigenvalue weighted by atomic mass is 35.5. The number of anilines is 1. The molecule has 122 valence electrons. The lowest BCUT2D eigenvalue weighted by atomic mass is 10.2. The van der Waals surface area contributed by atoms with Crippen LogP contribution in [0.15, 0.2) is 48.5 Å². The fraction of sp³-hybridized carbons (Fsp3) is 0. The largest absolute Gasteiger partial charge is 0.478 e. The molecular weight excluding hydrogens is 336 g/mol. The third kappa shape index (κ3) is 4.40. The molecule has 2 aromatic carbocycles. The number of nitrogens with one attached hydrogen (secondary N) is 1. The summed E-state index contributed by atoms with van der Waals surface area (Å²) in [6.45, 7) is 0. The Bertz CT molecular complexity index is 848. The second-order valence-corrected chi connectivity index (χ2v) is 5.08. The Balaban J connectivity index is 2.11. The van der Waals surface area contributed by atoms with E-state index in [0.29, 0.717) is 5.56 Å². The van der Waals surface area contributed by atoms with Crippen molar-refractivity contribution >= 4 is 40.9 Å². The number of hydrogen-bond acceptors (Lipinski definition) is 4. The number of nitrogens with zero attached hydrogens (tertiary/aromatic N) is 1. The van der Waals surface area contributed by atoms with Crippen LogP contribution in [0.1, 0.15) is 15.9 Å². The van der Waals surface area contributed by atoms with Gasteiger partial charge in [-0.25, -0.2) is 4.79 Å². The van der Waals surface area contributed by atoms with Crippen LogP contribution in [0.25, 0.3) is 6.08 Å². The number of non-ortho nitro benzene ring substituents is 1. The highest BCUT2D eigenvalue weighted by molar-refractivity contribution is 6.33. The van der Waals surface area contributed by atoms with Gasteiger partial charge in [0, 0.05) is 23.9 Å². The molecular formula is C16H11ClN2O5. The number of aromatic carboxylic acids is 1. The Morgan fingerprint density at radius 3 is 2.62 bits per heavy atom. The molecule has 0 aliphatic carbocycles. The summed E-state index contributed by atoms with van der Waals surface area (Å²) >= 11 is 5.75. The lowest BCUT2D eigenvalue weighted by molar-refractivity contribution is -0.384. The minimum Gasteiger partial charge on any atom is -0.478 e. The standard InChI is InChI=1S/C16H11ClN2O5/c17-14-6-5-11(9-13(14)16(21)22)18-15(20)7-4-10-2-1-3-12(8-10)19(23)24/h1-9H,(H,18,20)(H,21,22)/b7-4+. The van der Waals surface area contributed by atoms with Crippen LogP contribution in [-0.4, -0.2) is 21.9 Å². The maximum absolute atomic E-state index is 11.9. The Morgan fingerprint density at radius 2 is 1.96 bits per heavy atom. The zero-order chi connectivity index (χ0) is 17.7. The van der Waals surface area contributed by atoms with Crippen LogP contribution in [0.4, 0.5) is 11.4 Å². The summed E-state index contributed by atoms with van der Waals surface area (Å²) in [5, 5.41) is 22.2. The fourth-order valence-corrected chi connectivity index (χ4v) is 2.06. The number of carboxylic acid groups (broad SMARTS) is 1. The Labute approximate surface area is 141 Å². The van der Waals surface area contributed by atoms with Crippen molar-refractivity contribution in [2.24, 2.45) is 0 Å². The molecule has 8 heteroatoms. The van der Waals surface area contributed by atoms with E-state index in [1.807, 2.05) is 0 Å². The molecule has 0 radical (unpaired) electrons. The van der Waals surface area contributed by atoms with Crippen LogP contribution in [0.2, 0.25) is 5.02 Å². The molecule has 0 bridgehead atoms. The average molecular weight is 347 g/mol. The van der Waals surface area contributed by atoms with Crippen molar-refractivity contribution in [2.75, 3.05) is 5.32 Å². The Kier molecular flexibility index (Phi) is 5.28. The normalized spacial score (nSPS) is 10.5. The first-order valence-corrected chi connectivity index (χ1v) is 7.01. The van der Waals surface area contributed by atoms with Gasteiger partial charge in [-0.3, -0.25) is 14.9 Å². The quantitative estimate of drug-likeness (QED) is 0.488. The van der Waals surface area contributed by atoms with Crippen LogP contribution in [-0.2, 0) is 4.79 Å². The number of nitro groups is 1. The van der Waals surface area contributed by atoms with Gasteiger partial charge < -0.3 is 10.4 Å². The van der Waals surface area contributed by atoms with Crippen LogP contribution in [0, 0.1) is 10.1 Å². The van der Waals surface area contributed by atoms with Gasteiger partial charge in [-0.15, -0.1) is 0 Å². The van der Waals surface area contributed by atoms with E-state index >= 15 is 0 Å². The van der Waals surface area contributed by atoms with Gasteiger partial charge in [0.2, 0.25) is 5.91 Å². The van der Waals surface area contributed by atoms with E-state index < -0.39 is 16.8 Å². The first kappa shape index (κ1) is 17.2. The molecule has 0 fully saturated rings. The smallest absolute Gasteiger partial charge is 0.337 e. The molecule has 24 heavy (non-hydrogen) atoms. The van der Waals surface area contributed by atoms with E-state index in [2.05, 4.69) is 5.32 Å². The maximum Gasteiger partial charge on any atom is 0.337 e. The van der Waals surface area contributed by atoms with Gasteiger partial charge in [0.1, 0.15) is 0 Å². The second-order valence-electron chi connectivity index (χ2n) is 4.67. The summed E-state index contributed by atoms with van der Waals surface area (Å²) in [5.41, 5.74) is 0.547. The van der Waals surface area contributed by atoms with E-state index in [1.54, 1.807) is 6.07 Å². The Morgan fingerprint density at radius 1 is 1.21 bits per heavy atom. The van der Waals surface area contributed by atoms with Gasteiger partial charge in [0.15, 0.2) is 0 Å². The molecule has 2 N–H and O–H groups in total. The summed E-state index contributed by atoms with van der Waals surface area (Å²) in [6, 6.07) is 9.87. The van der Waals surface area contributed by atoms with Gasteiger partial charge in [0.25, 0.3) is 5.69 Å². The molecule has 0 saturated heterocycles. The monoisotopic (exact) mass is 346 g/mol. The van der Waals surface area contributed by atoms with E-state index in [1.165, 1.54) is 48.6 Å². The van der Waals surface area contributed by atoms with Gasteiger partial charge in [-0.1, -0.05) is 23.7 Å². The van der Waals surface area contributed by atoms with Crippen molar-refractivity contribution in [2.45, 2.75) is 0 Å². The molecule has 2 rings (SSSR count). The van der Waals surface area contributed by atoms with Crippen LogP contribution in [0.3, 0.4) is 0 Å². The molecule has 0 unspecified atom stereocenters. The van der Waals surface area contributed by atoms with E-state index in [0.717, 1.165) is 0 Å². The first-order chi connectivity index (χ1) is 11.4. The molecule has 1 amide bonds. The zero-order valence-corrected chi connectivity index (χ0v) is 12.9. The average Bonchev–Trinajstić information content (AvgIpc) is 2.54. The first-order valence-electron chi connectivity index (χ1n) is 6.63. The second kappa shape index (κ2) is 7.38. The summed E-state index contributed by atoms with van der Waals surface area (Å²) in [6.07, 6.45) is 2.60. The maximum atomic E-state index is 11.9. The van der Waals surface area contributed by atoms with Crippen molar-refractivity contribution in [1.29, 1.82) is 0 Å². The number of carbonyl (C=O) groups is 2. The number of amides is 1. The number of nitro benzene ring substituents is 1. The minimum absolute atomic E-state index is 0.0626. The molecule has 2 aromatic rings. The van der Waals surface area contributed by atoms with Gasteiger partial charge in [-0.2, -0.15) is 0 Å². The SMILES string of the molecule is O=C(/C=C/c1cccc([N+](=O)[O-])c1)Nc1ccc(Cl)c(C(=O)O)c1. The van der Waals surface area contributed by atoms with Crippen molar-refractivity contribution in [3.63, 3.8) is 0 Å². The molecule has 0 spiro atoms. The topological polar surface area (TPSA) is 110 Å². The zero-order valence-electron chi connectivity index (χ0n) is 12.1. The molecule has 0 aromatic heterocycles. The van der Waals surface area contributed by atoms with Crippen LogP contribution in [0.5, 0.6) is 0 Å². The van der Waals surface area contributed by atoms with E-state index in [9.17, 15) is 19.7 Å². The van der Waals surface area contributed by atoms with Crippen molar-refractivity contribution in [1.82, 2.24) is 0 Å². The summed E-state index contributed by atoms with van der Waals surface area (Å²) < 4.78 is 0. The van der Waals surface area contributed by atoms with Gasteiger partial charge in [-0.05, 0) is 29.8 Å². The van der Waals surface area contributed by atoms with Crippen LogP contribution >= 0.6 is 11.6 Å². The summed E-state index contributed by atoms with van der Waals surface area (Å²) in [7, 11) is 0. The number of rotatable bonds is 5. The highest BCUT2D eigenvalue weighted by Gasteiger charge is 2.10. The molecule has 0 heterocycles. The predicted octanol–water partition coefficient (Wildman–Crippen LogP) is 3.60. The third-order valence-electron chi connectivity index (χ3n) is 2.97. The van der Waals surface area contributed by atoms with Crippen LogP contribution < -0.4 is 5.32 Å². The van der Waals surface area contributed by atoms with Crippen molar-refractivity contribution in [3.05, 3.63) is 74.8 Å². The summed E-state index contributed by atoms with van der Waals surface area (Å²) in [4.78, 5) is 33.0. The summed E-state index contributed by atoms with van der Waals surface area (Å²) in [5.74, 6) is -1.72. The van der Waals surface area contributed by atoms with Crippen molar-refractivity contribution in [3.8, 4) is 0 Å².